The molecule has 1 aromatic rings. The number of carbonyl (C=O) groups excluding carboxylic acids is 1. The Morgan fingerprint density at radius 3 is 2.85 bits per heavy atom. The Morgan fingerprint density at radius 1 is 1.50 bits per heavy atom. The van der Waals surface area contributed by atoms with Crippen LogP contribution in [-0.4, -0.2) is 40.1 Å². The van der Waals surface area contributed by atoms with Crippen molar-refractivity contribution >= 4 is 5.91 Å². The van der Waals surface area contributed by atoms with Gasteiger partial charge in [0.15, 0.2) is 5.82 Å². The van der Waals surface area contributed by atoms with E-state index in [-0.39, 0.29) is 17.4 Å². The van der Waals surface area contributed by atoms with Gasteiger partial charge in [-0.25, -0.2) is 0 Å². The lowest BCUT2D eigenvalue weighted by Crippen LogP contribution is -2.50. The Labute approximate surface area is 119 Å². The van der Waals surface area contributed by atoms with Gasteiger partial charge < -0.3 is 9.84 Å². The summed E-state index contributed by atoms with van der Waals surface area (Å²) in [6.45, 7) is 10.1. The highest BCUT2D eigenvalue weighted by Crippen LogP contribution is 2.17. The Balaban J connectivity index is 1.87. The van der Waals surface area contributed by atoms with Gasteiger partial charge >= 0.3 is 0 Å². The number of rotatable bonds is 3. The van der Waals surface area contributed by atoms with E-state index in [9.17, 15) is 4.79 Å². The van der Waals surface area contributed by atoms with Crippen LogP contribution in [0.15, 0.2) is 4.52 Å². The molecule has 1 aliphatic rings. The maximum absolute atomic E-state index is 12.0. The zero-order valence-corrected chi connectivity index (χ0v) is 12.8. The van der Waals surface area contributed by atoms with E-state index < -0.39 is 0 Å². The van der Waals surface area contributed by atoms with Crippen molar-refractivity contribution in [1.82, 2.24) is 20.4 Å². The molecular weight excluding hydrogens is 256 g/mol. The highest BCUT2D eigenvalue weighted by Gasteiger charge is 2.27. The first-order chi connectivity index (χ1) is 9.34. The molecule has 0 bridgehead atoms. The van der Waals surface area contributed by atoms with Crippen LogP contribution in [0.1, 0.15) is 45.3 Å². The minimum Gasteiger partial charge on any atom is -0.352 e. The van der Waals surface area contributed by atoms with Crippen LogP contribution in [0.2, 0.25) is 0 Å². The topological polar surface area (TPSA) is 71.3 Å². The Bertz CT molecular complexity index is 464. The molecule has 20 heavy (non-hydrogen) atoms. The summed E-state index contributed by atoms with van der Waals surface area (Å²) < 4.78 is 5.15. The number of hydrogen-bond acceptors (Lipinski definition) is 5. The minimum atomic E-state index is -0.341. The van der Waals surface area contributed by atoms with Crippen LogP contribution < -0.4 is 5.32 Å². The van der Waals surface area contributed by atoms with Gasteiger partial charge in [-0.15, -0.1) is 0 Å². The standard InChI is InChI=1S/C14H24N4O2/c1-10-15-12(20-17-10)9-18-7-5-6-11(8-18)16-13(19)14(2,3)4/h11H,5-9H2,1-4H3,(H,16,19). The lowest BCUT2D eigenvalue weighted by molar-refractivity contribution is -0.129. The Kier molecular flexibility index (Phi) is 4.42. The molecular formula is C14H24N4O2. The molecule has 6 nitrogen and oxygen atoms in total. The van der Waals surface area contributed by atoms with Crippen molar-refractivity contribution in [1.29, 1.82) is 0 Å². The van der Waals surface area contributed by atoms with Crippen LogP contribution in [0.5, 0.6) is 0 Å². The van der Waals surface area contributed by atoms with Crippen molar-refractivity contribution in [3.05, 3.63) is 11.7 Å². The molecule has 2 rings (SSSR count). The normalized spacial score (nSPS) is 20.9. The van der Waals surface area contributed by atoms with Crippen molar-refractivity contribution < 1.29 is 9.32 Å². The van der Waals surface area contributed by atoms with E-state index in [1.807, 2.05) is 27.7 Å². The average Bonchev–Trinajstić information content (AvgIpc) is 2.74. The third kappa shape index (κ3) is 4.03. The number of piperidine rings is 1. The van der Waals surface area contributed by atoms with Crippen LogP contribution in [0.3, 0.4) is 0 Å². The molecule has 1 unspecified atom stereocenters. The number of hydrogen-bond donors (Lipinski definition) is 1. The van der Waals surface area contributed by atoms with Crippen LogP contribution >= 0.6 is 0 Å². The van der Waals surface area contributed by atoms with Crippen LogP contribution in [-0.2, 0) is 11.3 Å². The average molecular weight is 280 g/mol. The third-order valence-corrected chi connectivity index (χ3v) is 3.45. The van der Waals surface area contributed by atoms with E-state index in [1.54, 1.807) is 0 Å². The quantitative estimate of drug-likeness (QED) is 0.908. The summed E-state index contributed by atoms with van der Waals surface area (Å²) in [5, 5.41) is 6.93. The molecule has 0 saturated carbocycles. The zero-order valence-electron chi connectivity index (χ0n) is 12.8. The number of aromatic nitrogens is 2. The molecule has 0 aromatic carbocycles. The van der Waals surface area contributed by atoms with Crippen molar-refractivity contribution in [3.8, 4) is 0 Å². The van der Waals surface area contributed by atoms with E-state index in [0.717, 1.165) is 25.9 Å². The summed E-state index contributed by atoms with van der Waals surface area (Å²) in [5.41, 5.74) is -0.341. The van der Waals surface area contributed by atoms with Gasteiger partial charge in [-0.1, -0.05) is 25.9 Å². The van der Waals surface area contributed by atoms with Crippen molar-refractivity contribution in [3.63, 3.8) is 0 Å². The third-order valence-electron chi connectivity index (χ3n) is 3.45. The van der Waals surface area contributed by atoms with Gasteiger partial charge in [-0.3, -0.25) is 9.69 Å². The molecule has 0 aliphatic carbocycles. The van der Waals surface area contributed by atoms with Gasteiger partial charge in [0.05, 0.1) is 6.54 Å². The smallest absolute Gasteiger partial charge is 0.240 e. The fourth-order valence-electron chi connectivity index (χ4n) is 2.31. The molecule has 1 saturated heterocycles. The fraction of sp³-hybridized carbons (Fsp3) is 0.786. The first-order valence-electron chi connectivity index (χ1n) is 7.17. The number of amides is 1. The molecule has 1 amide bonds. The maximum Gasteiger partial charge on any atom is 0.240 e. The van der Waals surface area contributed by atoms with Gasteiger partial charge in [0, 0.05) is 18.0 Å². The minimum absolute atomic E-state index is 0.109. The lowest BCUT2D eigenvalue weighted by atomic mass is 9.94. The van der Waals surface area contributed by atoms with Crippen LogP contribution in [0.4, 0.5) is 0 Å². The molecule has 6 heteroatoms. The highest BCUT2D eigenvalue weighted by atomic mass is 16.5. The number of aryl methyl sites for hydroxylation is 1. The molecule has 112 valence electrons. The predicted octanol–water partition coefficient (Wildman–Crippen LogP) is 1.50. The molecule has 2 heterocycles. The maximum atomic E-state index is 12.0. The predicted molar refractivity (Wildman–Crippen MR) is 74.9 cm³/mol. The second-order valence-electron chi connectivity index (χ2n) is 6.53. The van der Waals surface area contributed by atoms with Gasteiger partial charge in [0.1, 0.15) is 0 Å². The number of carbonyl (C=O) groups is 1. The van der Waals surface area contributed by atoms with Crippen LogP contribution in [0.25, 0.3) is 0 Å². The molecule has 1 fully saturated rings. The van der Waals surface area contributed by atoms with Gasteiger partial charge in [0.2, 0.25) is 11.8 Å². The number of nitrogens with one attached hydrogen (secondary N) is 1. The Hall–Kier alpha value is -1.43. The lowest BCUT2D eigenvalue weighted by Gasteiger charge is -2.33. The van der Waals surface area contributed by atoms with E-state index >= 15 is 0 Å². The zero-order chi connectivity index (χ0) is 14.8. The van der Waals surface area contributed by atoms with Crippen molar-refractivity contribution in [2.24, 2.45) is 5.41 Å². The van der Waals surface area contributed by atoms with Gasteiger partial charge in [-0.05, 0) is 26.3 Å². The Morgan fingerprint density at radius 2 is 2.25 bits per heavy atom. The summed E-state index contributed by atoms with van der Waals surface area (Å²) in [5.74, 6) is 1.41. The van der Waals surface area contributed by atoms with E-state index in [1.165, 1.54) is 0 Å². The largest absolute Gasteiger partial charge is 0.352 e. The van der Waals surface area contributed by atoms with E-state index in [4.69, 9.17) is 4.52 Å². The fourth-order valence-corrected chi connectivity index (χ4v) is 2.31. The summed E-state index contributed by atoms with van der Waals surface area (Å²) in [7, 11) is 0. The first-order valence-corrected chi connectivity index (χ1v) is 7.17. The van der Waals surface area contributed by atoms with Crippen LogP contribution in [0, 0.1) is 12.3 Å². The summed E-state index contributed by atoms with van der Waals surface area (Å²) >= 11 is 0. The molecule has 0 radical (unpaired) electrons. The molecule has 1 aromatic heterocycles. The molecule has 1 aliphatic heterocycles. The molecule has 0 spiro atoms. The number of likely N-dealkylation sites (tertiary alicyclic amines) is 1. The van der Waals surface area contributed by atoms with Gasteiger partial charge in [0.25, 0.3) is 0 Å². The van der Waals surface area contributed by atoms with E-state index in [2.05, 4.69) is 20.4 Å². The molecule has 1 atom stereocenters. The highest BCUT2D eigenvalue weighted by molar-refractivity contribution is 5.81. The SMILES string of the molecule is Cc1noc(CN2CCCC(NC(=O)C(C)(C)C)C2)n1. The van der Waals surface area contributed by atoms with Gasteiger partial charge in [-0.2, -0.15) is 4.98 Å². The summed E-state index contributed by atoms with van der Waals surface area (Å²) in [4.78, 5) is 18.5. The molecule has 1 N–H and O–H groups in total. The van der Waals surface area contributed by atoms with Crippen molar-refractivity contribution in [2.45, 2.75) is 53.1 Å². The van der Waals surface area contributed by atoms with E-state index in [0.29, 0.717) is 18.3 Å². The summed E-state index contributed by atoms with van der Waals surface area (Å²) in [6.07, 6.45) is 2.10. The second-order valence-corrected chi connectivity index (χ2v) is 6.53. The monoisotopic (exact) mass is 280 g/mol. The summed E-state index contributed by atoms with van der Waals surface area (Å²) in [6, 6.07) is 0.208. The van der Waals surface area contributed by atoms with Crippen molar-refractivity contribution in [2.75, 3.05) is 13.1 Å². The second kappa shape index (κ2) is 5.91. The number of nitrogens with zero attached hydrogens (tertiary/aromatic N) is 3. The first kappa shape index (κ1) is 15.0.